The Morgan fingerprint density at radius 1 is 1.16 bits per heavy atom. The summed E-state index contributed by atoms with van der Waals surface area (Å²) in [5.41, 5.74) is 2.71. The van der Waals surface area contributed by atoms with Crippen LogP contribution in [0.1, 0.15) is 35.1 Å². The standard InChI is InChI=1S/C24H22N6O2/c1-18-20(3-2-4-21(18)16-25)9-10-24(32)11-13-29(14-12-24)23(31)15-19-5-7-22(8-6-19)30-17-26-27-28-30/h2-8,17,32H,11-15H2,1H3. The molecule has 0 atom stereocenters. The molecule has 0 unspecified atom stereocenters. The zero-order valence-electron chi connectivity index (χ0n) is 17.7. The minimum absolute atomic E-state index is 0.0211. The average Bonchev–Trinajstić information content (AvgIpc) is 3.34. The first-order chi connectivity index (χ1) is 15.5. The molecule has 1 aliphatic rings. The molecule has 8 heteroatoms. The van der Waals surface area contributed by atoms with E-state index in [0.29, 0.717) is 37.9 Å². The maximum atomic E-state index is 12.7. The number of hydrogen-bond donors (Lipinski definition) is 1. The molecule has 0 spiro atoms. The number of likely N-dealkylation sites (tertiary alicyclic amines) is 1. The third-order valence-electron chi connectivity index (χ3n) is 5.73. The summed E-state index contributed by atoms with van der Waals surface area (Å²) in [6, 6.07) is 15.0. The fraction of sp³-hybridized carbons (Fsp3) is 0.292. The van der Waals surface area contributed by atoms with E-state index < -0.39 is 5.60 Å². The molecule has 1 amide bonds. The van der Waals surface area contributed by atoms with Crippen LogP contribution in [-0.2, 0) is 11.2 Å². The molecule has 160 valence electrons. The number of carbonyl (C=O) groups is 1. The normalized spacial score (nSPS) is 14.8. The van der Waals surface area contributed by atoms with Crippen LogP contribution < -0.4 is 0 Å². The van der Waals surface area contributed by atoms with Gasteiger partial charge in [0.2, 0.25) is 5.91 Å². The lowest BCUT2D eigenvalue weighted by Crippen LogP contribution is -2.46. The molecule has 0 radical (unpaired) electrons. The van der Waals surface area contributed by atoms with Crippen LogP contribution in [0.25, 0.3) is 5.69 Å². The summed E-state index contributed by atoms with van der Waals surface area (Å²) in [5, 5.41) is 31.1. The summed E-state index contributed by atoms with van der Waals surface area (Å²) in [7, 11) is 0. The van der Waals surface area contributed by atoms with Gasteiger partial charge in [0.15, 0.2) is 0 Å². The molecule has 1 aliphatic heterocycles. The van der Waals surface area contributed by atoms with Crippen molar-refractivity contribution in [3.8, 4) is 23.6 Å². The lowest BCUT2D eigenvalue weighted by molar-refractivity contribution is -0.133. The Morgan fingerprint density at radius 2 is 1.88 bits per heavy atom. The number of nitrogens with zero attached hydrogens (tertiary/aromatic N) is 6. The van der Waals surface area contributed by atoms with Gasteiger partial charge >= 0.3 is 0 Å². The highest BCUT2D eigenvalue weighted by Crippen LogP contribution is 2.23. The monoisotopic (exact) mass is 426 g/mol. The zero-order chi connectivity index (χ0) is 22.6. The van der Waals surface area contributed by atoms with Gasteiger partial charge in [0, 0.05) is 31.5 Å². The molecule has 32 heavy (non-hydrogen) atoms. The molecule has 1 saturated heterocycles. The van der Waals surface area contributed by atoms with E-state index in [0.717, 1.165) is 22.4 Å². The van der Waals surface area contributed by atoms with Crippen molar-refractivity contribution in [2.75, 3.05) is 13.1 Å². The lowest BCUT2D eigenvalue weighted by atomic mass is 9.91. The number of nitriles is 1. The topological polar surface area (TPSA) is 108 Å². The summed E-state index contributed by atoms with van der Waals surface area (Å²) in [4.78, 5) is 14.5. The fourth-order valence-electron chi connectivity index (χ4n) is 3.66. The van der Waals surface area contributed by atoms with Gasteiger partial charge in [-0.3, -0.25) is 4.79 Å². The minimum atomic E-state index is -1.14. The van der Waals surface area contributed by atoms with Gasteiger partial charge in [-0.05, 0) is 52.7 Å². The van der Waals surface area contributed by atoms with Gasteiger partial charge in [0.1, 0.15) is 11.9 Å². The maximum absolute atomic E-state index is 12.7. The summed E-state index contributed by atoms with van der Waals surface area (Å²) in [6.07, 6.45) is 2.58. The van der Waals surface area contributed by atoms with Gasteiger partial charge in [-0.15, -0.1) is 5.10 Å². The van der Waals surface area contributed by atoms with E-state index >= 15 is 0 Å². The molecule has 1 N–H and O–H groups in total. The average molecular weight is 426 g/mol. The second kappa shape index (κ2) is 9.01. The van der Waals surface area contributed by atoms with Crippen LogP contribution in [0.3, 0.4) is 0 Å². The maximum Gasteiger partial charge on any atom is 0.226 e. The zero-order valence-corrected chi connectivity index (χ0v) is 17.7. The van der Waals surface area contributed by atoms with E-state index in [2.05, 4.69) is 33.4 Å². The third kappa shape index (κ3) is 4.66. The van der Waals surface area contributed by atoms with Crippen LogP contribution in [0.4, 0.5) is 0 Å². The van der Waals surface area contributed by atoms with Crippen molar-refractivity contribution in [1.82, 2.24) is 25.1 Å². The quantitative estimate of drug-likeness (QED) is 0.640. The number of carbonyl (C=O) groups excluding carboxylic acids is 1. The highest BCUT2D eigenvalue weighted by molar-refractivity contribution is 5.79. The first kappa shape index (κ1) is 21.2. The van der Waals surface area contributed by atoms with Crippen molar-refractivity contribution >= 4 is 5.91 Å². The predicted molar refractivity (Wildman–Crippen MR) is 116 cm³/mol. The van der Waals surface area contributed by atoms with E-state index in [1.54, 1.807) is 21.7 Å². The summed E-state index contributed by atoms with van der Waals surface area (Å²) >= 11 is 0. The van der Waals surface area contributed by atoms with Gasteiger partial charge in [-0.1, -0.05) is 30.0 Å². The van der Waals surface area contributed by atoms with Crippen molar-refractivity contribution in [2.45, 2.75) is 31.8 Å². The SMILES string of the molecule is Cc1c(C#N)cccc1C#CC1(O)CCN(C(=O)Cc2ccc(-n3cnnn3)cc2)CC1. The van der Waals surface area contributed by atoms with Gasteiger partial charge in [-0.2, -0.15) is 5.26 Å². The van der Waals surface area contributed by atoms with E-state index in [-0.39, 0.29) is 5.91 Å². The number of tetrazole rings is 1. The molecule has 3 aromatic rings. The number of piperidine rings is 1. The first-order valence-corrected chi connectivity index (χ1v) is 10.3. The molecule has 2 aromatic carbocycles. The van der Waals surface area contributed by atoms with Crippen LogP contribution in [0.2, 0.25) is 0 Å². The van der Waals surface area contributed by atoms with Crippen molar-refractivity contribution in [2.24, 2.45) is 0 Å². The summed E-state index contributed by atoms with van der Waals surface area (Å²) in [5.74, 6) is 6.02. The molecule has 0 bridgehead atoms. The van der Waals surface area contributed by atoms with Crippen molar-refractivity contribution in [1.29, 1.82) is 5.26 Å². The Morgan fingerprint density at radius 3 is 2.53 bits per heavy atom. The lowest BCUT2D eigenvalue weighted by Gasteiger charge is -2.35. The van der Waals surface area contributed by atoms with Crippen LogP contribution in [0.15, 0.2) is 48.8 Å². The molecule has 1 fully saturated rings. The Balaban J connectivity index is 1.35. The van der Waals surface area contributed by atoms with Gasteiger partial charge in [-0.25, -0.2) is 4.68 Å². The van der Waals surface area contributed by atoms with Crippen molar-refractivity contribution < 1.29 is 9.90 Å². The molecule has 0 aliphatic carbocycles. The number of aliphatic hydroxyl groups is 1. The predicted octanol–water partition coefficient (Wildman–Crippen LogP) is 1.79. The largest absolute Gasteiger partial charge is 0.377 e. The summed E-state index contributed by atoms with van der Waals surface area (Å²) < 4.78 is 1.55. The van der Waals surface area contributed by atoms with Gasteiger partial charge in [0.05, 0.1) is 23.7 Å². The number of amides is 1. The second-order valence-electron chi connectivity index (χ2n) is 7.85. The molecular weight excluding hydrogens is 404 g/mol. The van der Waals surface area contributed by atoms with Crippen molar-refractivity contribution in [3.05, 3.63) is 71.0 Å². The number of benzene rings is 2. The highest BCUT2D eigenvalue weighted by atomic mass is 16.3. The van der Waals surface area contributed by atoms with E-state index in [1.165, 1.54) is 6.33 Å². The highest BCUT2D eigenvalue weighted by Gasteiger charge is 2.32. The molecule has 4 rings (SSSR count). The Labute approximate surface area is 186 Å². The van der Waals surface area contributed by atoms with E-state index in [9.17, 15) is 9.90 Å². The fourth-order valence-corrected chi connectivity index (χ4v) is 3.66. The first-order valence-electron chi connectivity index (χ1n) is 10.3. The van der Waals surface area contributed by atoms with Crippen LogP contribution in [0.5, 0.6) is 0 Å². The molecule has 2 heterocycles. The number of aromatic nitrogens is 4. The molecule has 1 aromatic heterocycles. The Hall–Kier alpha value is -4.01. The number of rotatable bonds is 3. The van der Waals surface area contributed by atoms with Crippen LogP contribution >= 0.6 is 0 Å². The Kier molecular flexibility index (Phi) is 5.98. The van der Waals surface area contributed by atoms with Crippen LogP contribution in [-0.4, -0.2) is 54.8 Å². The molecular formula is C24H22N6O2. The van der Waals surface area contributed by atoms with Gasteiger partial charge in [0.25, 0.3) is 0 Å². The Bertz CT molecular complexity index is 1210. The minimum Gasteiger partial charge on any atom is -0.377 e. The van der Waals surface area contributed by atoms with Crippen LogP contribution in [0, 0.1) is 30.1 Å². The van der Waals surface area contributed by atoms with Crippen molar-refractivity contribution in [3.63, 3.8) is 0 Å². The van der Waals surface area contributed by atoms with E-state index in [1.807, 2.05) is 37.3 Å². The third-order valence-corrected chi connectivity index (χ3v) is 5.73. The summed E-state index contributed by atoms with van der Waals surface area (Å²) in [6.45, 7) is 2.75. The number of hydrogen-bond acceptors (Lipinski definition) is 6. The van der Waals surface area contributed by atoms with Gasteiger partial charge < -0.3 is 10.0 Å². The molecule has 8 nitrogen and oxygen atoms in total. The molecule has 0 saturated carbocycles. The smallest absolute Gasteiger partial charge is 0.226 e. The van der Waals surface area contributed by atoms with E-state index in [4.69, 9.17) is 5.26 Å². The second-order valence-corrected chi connectivity index (χ2v) is 7.85.